The van der Waals surface area contributed by atoms with Crippen LogP contribution in [0.25, 0.3) is 0 Å². The van der Waals surface area contributed by atoms with Crippen molar-refractivity contribution in [2.45, 2.75) is 24.0 Å². The predicted octanol–water partition coefficient (Wildman–Crippen LogP) is 2.40. The van der Waals surface area contributed by atoms with Crippen LogP contribution in [0.4, 0.5) is 4.39 Å². The first-order valence-electron chi connectivity index (χ1n) is 6.49. The molecule has 104 valence electrons. The highest BCUT2D eigenvalue weighted by atomic mass is 32.2. The lowest BCUT2D eigenvalue weighted by Crippen LogP contribution is -2.32. The molecule has 3 nitrogen and oxygen atoms in total. The van der Waals surface area contributed by atoms with Crippen LogP contribution in [-0.4, -0.2) is 36.2 Å². The van der Waals surface area contributed by atoms with Crippen LogP contribution < -0.4 is 5.32 Å². The summed E-state index contributed by atoms with van der Waals surface area (Å²) < 4.78 is 13.3. The van der Waals surface area contributed by atoms with E-state index in [1.807, 2.05) is 24.9 Å². The second-order valence-electron chi connectivity index (χ2n) is 4.67. The number of amides is 1. The van der Waals surface area contributed by atoms with Crippen molar-refractivity contribution in [3.05, 3.63) is 35.6 Å². The number of hydrogen-bond donors (Lipinski definition) is 1. The standard InChI is InChI=1S/C14H19FN2OS/c1-10-13(18)17(8-4-7-16-2)14(19-10)11-5-3-6-12(15)9-11/h3,5-6,9-10,14,16H,4,7-8H2,1-2H3. The smallest absolute Gasteiger partial charge is 0.236 e. The SMILES string of the molecule is CNCCCN1C(=O)C(C)SC1c1cccc(F)c1. The van der Waals surface area contributed by atoms with E-state index in [0.29, 0.717) is 6.54 Å². The molecule has 1 N–H and O–H groups in total. The van der Waals surface area contributed by atoms with E-state index in [9.17, 15) is 9.18 Å². The summed E-state index contributed by atoms with van der Waals surface area (Å²) in [5.41, 5.74) is 0.868. The van der Waals surface area contributed by atoms with Crippen LogP contribution in [0, 0.1) is 5.82 Å². The second kappa shape index (κ2) is 6.39. The number of carbonyl (C=O) groups is 1. The zero-order chi connectivity index (χ0) is 13.8. The summed E-state index contributed by atoms with van der Waals surface area (Å²) >= 11 is 1.59. The summed E-state index contributed by atoms with van der Waals surface area (Å²) in [5.74, 6) is -0.101. The summed E-state index contributed by atoms with van der Waals surface area (Å²) in [5, 5.41) is 2.96. The summed E-state index contributed by atoms with van der Waals surface area (Å²) in [4.78, 5) is 14.0. The lowest BCUT2D eigenvalue weighted by molar-refractivity contribution is -0.129. The van der Waals surface area contributed by atoms with Gasteiger partial charge in [-0.3, -0.25) is 4.79 Å². The number of nitrogens with one attached hydrogen (secondary N) is 1. The van der Waals surface area contributed by atoms with Gasteiger partial charge in [-0.15, -0.1) is 11.8 Å². The fourth-order valence-electron chi connectivity index (χ4n) is 2.25. The highest BCUT2D eigenvalue weighted by Crippen LogP contribution is 2.42. The van der Waals surface area contributed by atoms with E-state index in [0.717, 1.165) is 18.5 Å². The third-order valence-electron chi connectivity index (χ3n) is 3.21. The fourth-order valence-corrected chi connectivity index (χ4v) is 3.54. The molecule has 0 bridgehead atoms. The highest BCUT2D eigenvalue weighted by molar-refractivity contribution is 8.01. The molecule has 2 unspecified atom stereocenters. The van der Waals surface area contributed by atoms with Gasteiger partial charge in [0.05, 0.1) is 5.25 Å². The molecule has 1 heterocycles. The van der Waals surface area contributed by atoms with Crippen LogP contribution >= 0.6 is 11.8 Å². The molecule has 1 fully saturated rings. The zero-order valence-electron chi connectivity index (χ0n) is 11.2. The van der Waals surface area contributed by atoms with Crippen molar-refractivity contribution in [3.63, 3.8) is 0 Å². The molecule has 1 amide bonds. The van der Waals surface area contributed by atoms with E-state index in [1.165, 1.54) is 12.1 Å². The minimum atomic E-state index is -0.250. The van der Waals surface area contributed by atoms with Crippen LogP contribution in [0.15, 0.2) is 24.3 Å². The number of halogens is 1. The van der Waals surface area contributed by atoms with E-state index >= 15 is 0 Å². The molecule has 1 aliphatic heterocycles. The van der Waals surface area contributed by atoms with E-state index in [1.54, 1.807) is 17.8 Å². The highest BCUT2D eigenvalue weighted by Gasteiger charge is 2.37. The maximum Gasteiger partial charge on any atom is 0.236 e. The van der Waals surface area contributed by atoms with Gasteiger partial charge in [-0.1, -0.05) is 12.1 Å². The van der Waals surface area contributed by atoms with Gasteiger partial charge in [-0.25, -0.2) is 4.39 Å². The van der Waals surface area contributed by atoms with Gasteiger partial charge in [0, 0.05) is 6.54 Å². The largest absolute Gasteiger partial charge is 0.326 e. The molecule has 5 heteroatoms. The summed E-state index contributed by atoms with van der Waals surface area (Å²) in [6.45, 7) is 3.49. The number of benzene rings is 1. The molecule has 1 aromatic rings. The van der Waals surface area contributed by atoms with Gasteiger partial charge in [-0.05, 0) is 44.6 Å². The number of carbonyl (C=O) groups excluding carboxylic acids is 1. The Balaban J connectivity index is 2.15. The number of hydrogen-bond acceptors (Lipinski definition) is 3. The number of rotatable bonds is 5. The molecule has 1 aromatic carbocycles. The zero-order valence-corrected chi connectivity index (χ0v) is 12.0. The maximum atomic E-state index is 13.3. The van der Waals surface area contributed by atoms with Gasteiger partial charge >= 0.3 is 0 Å². The third kappa shape index (κ3) is 3.28. The molecular formula is C14H19FN2OS. The molecule has 19 heavy (non-hydrogen) atoms. The van der Waals surface area contributed by atoms with Crippen molar-refractivity contribution in [2.24, 2.45) is 0 Å². The van der Waals surface area contributed by atoms with E-state index in [-0.39, 0.29) is 22.3 Å². The summed E-state index contributed by atoms with van der Waals surface area (Å²) in [7, 11) is 1.90. The van der Waals surface area contributed by atoms with Crippen LogP contribution in [0.3, 0.4) is 0 Å². The lowest BCUT2D eigenvalue weighted by atomic mass is 10.2. The van der Waals surface area contributed by atoms with Crippen LogP contribution in [0.5, 0.6) is 0 Å². The van der Waals surface area contributed by atoms with Crippen molar-refractivity contribution in [1.82, 2.24) is 10.2 Å². The first kappa shape index (κ1) is 14.3. The first-order chi connectivity index (χ1) is 9.13. The number of nitrogens with zero attached hydrogens (tertiary/aromatic N) is 1. The van der Waals surface area contributed by atoms with E-state index in [4.69, 9.17) is 0 Å². The van der Waals surface area contributed by atoms with E-state index in [2.05, 4.69) is 5.32 Å². The Morgan fingerprint density at radius 3 is 2.95 bits per heavy atom. The molecule has 0 saturated carbocycles. The lowest BCUT2D eigenvalue weighted by Gasteiger charge is -2.24. The maximum absolute atomic E-state index is 13.3. The normalized spacial score (nSPS) is 23.1. The molecule has 2 atom stereocenters. The molecule has 2 rings (SSSR count). The second-order valence-corrected chi connectivity index (χ2v) is 6.10. The molecule has 1 saturated heterocycles. The van der Waals surface area contributed by atoms with Gasteiger partial charge in [0.2, 0.25) is 5.91 Å². The van der Waals surface area contributed by atoms with Gasteiger partial charge in [0.25, 0.3) is 0 Å². The minimum Gasteiger partial charge on any atom is -0.326 e. The minimum absolute atomic E-state index is 0.0529. The van der Waals surface area contributed by atoms with Crippen LogP contribution in [0.1, 0.15) is 24.3 Å². The molecule has 0 aromatic heterocycles. The monoisotopic (exact) mass is 282 g/mol. The van der Waals surface area contributed by atoms with Crippen molar-refractivity contribution < 1.29 is 9.18 Å². The Bertz CT molecular complexity index is 455. The molecular weight excluding hydrogens is 263 g/mol. The van der Waals surface area contributed by atoms with Gasteiger partial charge in [0.15, 0.2) is 0 Å². The molecule has 0 radical (unpaired) electrons. The van der Waals surface area contributed by atoms with Crippen molar-refractivity contribution in [3.8, 4) is 0 Å². The summed E-state index contributed by atoms with van der Waals surface area (Å²) in [6.07, 6.45) is 0.904. The third-order valence-corrected chi connectivity index (χ3v) is 4.60. The topological polar surface area (TPSA) is 32.3 Å². The van der Waals surface area contributed by atoms with Crippen LogP contribution in [-0.2, 0) is 4.79 Å². The van der Waals surface area contributed by atoms with Crippen molar-refractivity contribution in [2.75, 3.05) is 20.1 Å². The Morgan fingerprint density at radius 2 is 2.26 bits per heavy atom. The van der Waals surface area contributed by atoms with E-state index < -0.39 is 0 Å². The average molecular weight is 282 g/mol. The Hall–Kier alpha value is -1.07. The van der Waals surface area contributed by atoms with Crippen LogP contribution in [0.2, 0.25) is 0 Å². The van der Waals surface area contributed by atoms with Gasteiger partial charge < -0.3 is 10.2 Å². The van der Waals surface area contributed by atoms with Gasteiger partial charge in [0.1, 0.15) is 11.2 Å². The quantitative estimate of drug-likeness (QED) is 0.842. The predicted molar refractivity (Wildman–Crippen MR) is 76.5 cm³/mol. The fraction of sp³-hybridized carbons (Fsp3) is 0.500. The van der Waals surface area contributed by atoms with Gasteiger partial charge in [-0.2, -0.15) is 0 Å². The Kier molecular flexibility index (Phi) is 4.82. The Morgan fingerprint density at radius 1 is 1.47 bits per heavy atom. The number of thioether (sulfide) groups is 1. The first-order valence-corrected chi connectivity index (χ1v) is 7.43. The summed E-state index contributed by atoms with van der Waals surface area (Å²) in [6, 6.07) is 6.54. The van der Waals surface area contributed by atoms with Crippen molar-refractivity contribution in [1.29, 1.82) is 0 Å². The molecule has 1 aliphatic rings. The average Bonchev–Trinajstić information content (AvgIpc) is 2.67. The Labute approximate surface area is 117 Å². The van der Waals surface area contributed by atoms with Crippen molar-refractivity contribution >= 4 is 17.7 Å². The molecule has 0 spiro atoms. The molecule has 0 aliphatic carbocycles.